The van der Waals surface area contributed by atoms with Crippen LogP contribution in [0.1, 0.15) is 25.7 Å². The lowest BCUT2D eigenvalue weighted by molar-refractivity contribution is 0.127. The molecular formula is C20H22F3IN2O4S. The van der Waals surface area contributed by atoms with Crippen LogP contribution in [0.2, 0.25) is 0 Å². The Labute approximate surface area is 192 Å². The van der Waals surface area contributed by atoms with Crippen LogP contribution in [-0.2, 0) is 10.0 Å². The van der Waals surface area contributed by atoms with Crippen LogP contribution in [-0.4, -0.2) is 35.4 Å². The lowest BCUT2D eigenvalue weighted by Gasteiger charge is -2.26. The van der Waals surface area contributed by atoms with Crippen molar-refractivity contribution in [3.05, 3.63) is 54.0 Å². The summed E-state index contributed by atoms with van der Waals surface area (Å²) in [6.07, 6.45) is 3.53. The van der Waals surface area contributed by atoms with Crippen molar-refractivity contribution in [3.8, 4) is 5.75 Å². The fourth-order valence-electron chi connectivity index (χ4n) is 3.35. The molecule has 1 aromatic rings. The first-order valence-electron chi connectivity index (χ1n) is 9.51. The van der Waals surface area contributed by atoms with Gasteiger partial charge in [0, 0.05) is 16.9 Å². The van der Waals surface area contributed by atoms with Gasteiger partial charge >= 0.3 is 0 Å². The van der Waals surface area contributed by atoms with Crippen LogP contribution in [0.25, 0.3) is 0 Å². The smallest absolute Gasteiger partial charge is 0.238 e. The summed E-state index contributed by atoms with van der Waals surface area (Å²) in [5.41, 5.74) is -1.20. The van der Waals surface area contributed by atoms with Gasteiger partial charge in [-0.25, -0.2) is 21.6 Å². The highest BCUT2D eigenvalue weighted by Crippen LogP contribution is 2.50. The number of allylic oxidation sites excluding steroid dienone is 4. The van der Waals surface area contributed by atoms with Crippen LogP contribution in [0, 0.1) is 11.6 Å². The molecule has 1 aromatic carbocycles. The van der Waals surface area contributed by atoms with Gasteiger partial charge < -0.3 is 15.2 Å². The standard InChI is InChI=1S/C20H22F3IN2O4S/c1-2-3-15(13(21)4-8-24)25-19-17(23)14(22)10-16-18(19)26-31(28,29)20(6-7-20)11-12(27)5-9-30-16/h2-4,10,12,25-27H,1,5-9,11H2/b13-4+,15-3+. The zero-order valence-electron chi connectivity index (χ0n) is 16.4. The molecule has 1 atom stereocenters. The molecule has 0 bridgehead atoms. The van der Waals surface area contributed by atoms with Gasteiger partial charge in [-0.05, 0) is 31.4 Å². The minimum absolute atomic E-state index is 0.00209. The number of anilines is 2. The fraction of sp³-hybridized carbons (Fsp3) is 0.400. The number of benzene rings is 1. The summed E-state index contributed by atoms with van der Waals surface area (Å²) < 4.78 is 76.6. The second kappa shape index (κ2) is 9.41. The normalized spacial score (nSPS) is 22.7. The van der Waals surface area contributed by atoms with E-state index in [0.29, 0.717) is 17.3 Å². The Balaban J connectivity index is 2.15. The van der Waals surface area contributed by atoms with Crippen LogP contribution in [0.3, 0.4) is 0 Å². The topological polar surface area (TPSA) is 87.7 Å². The molecule has 0 amide bonds. The Morgan fingerprint density at radius 1 is 1.45 bits per heavy atom. The molecule has 1 heterocycles. The molecule has 1 fully saturated rings. The van der Waals surface area contributed by atoms with Crippen molar-refractivity contribution >= 4 is 44.0 Å². The van der Waals surface area contributed by atoms with E-state index < -0.39 is 44.0 Å². The summed E-state index contributed by atoms with van der Waals surface area (Å²) in [4.78, 5) is 0. The zero-order chi connectivity index (χ0) is 22.8. The number of alkyl halides is 1. The third-order valence-corrected chi connectivity index (χ3v) is 7.80. The Bertz CT molecular complexity index is 1040. The van der Waals surface area contributed by atoms with Gasteiger partial charge in [-0.15, -0.1) is 0 Å². The first-order chi connectivity index (χ1) is 14.6. The summed E-state index contributed by atoms with van der Waals surface area (Å²) >= 11 is 1.91. The number of rotatable bonds is 5. The Morgan fingerprint density at radius 2 is 2.16 bits per heavy atom. The molecule has 6 nitrogen and oxygen atoms in total. The molecule has 11 heteroatoms. The number of nitrogens with one attached hydrogen (secondary N) is 2. The van der Waals surface area contributed by atoms with Crippen LogP contribution in [0.15, 0.2) is 42.4 Å². The molecule has 1 aliphatic carbocycles. The van der Waals surface area contributed by atoms with Gasteiger partial charge in [-0.3, -0.25) is 4.72 Å². The number of hydrogen-bond acceptors (Lipinski definition) is 5. The van der Waals surface area contributed by atoms with Crippen LogP contribution in [0.5, 0.6) is 5.75 Å². The number of fused-ring (bicyclic) bond motifs is 1. The molecule has 3 rings (SSSR count). The Hall–Kier alpha value is -1.73. The first-order valence-corrected chi connectivity index (χ1v) is 12.5. The van der Waals surface area contributed by atoms with Gasteiger partial charge in [0.15, 0.2) is 11.6 Å². The molecule has 31 heavy (non-hydrogen) atoms. The van der Waals surface area contributed by atoms with E-state index in [9.17, 15) is 26.7 Å². The molecule has 1 saturated carbocycles. The second-order valence-electron chi connectivity index (χ2n) is 7.35. The zero-order valence-corrected chi connectivity index (χ0v) is 19.4. The van der Waals surface area contributed by atoms with Crippen molar-refractivity contribution in [2.24, 2.45) is 0 Å². The lowest BCUT2D eigenvalue weighted by Crippen LogP contribution is -2.35. The predicted molar refractivity (Wildman–Crippen MR) is 122 cm³/mol. The van der Waals surface area contributed by atoms with Gasteiger partial charge in [0.05, 0.1) is 23.2 Å². The van der Waals surface area contributed by atoms with Gasteiger partial charge in [0.1, 0.15) is 23.0 Å². The highest BCUT2D eigenvalue weighted by atomic mass is 127. The minimum Gasteiger partial charge on any atom is -0.491 e. The maximum absolute atomic E-state index is 14.8. The quantitative estimate of drug-likeness (QED) is 0.275. The number of sulfonamides is 1. The number of ether oxygens (including phenoxy) is 1. The van der Waals surface area contributed by atoms with Crippen molar-refractivity contribution in [3.63, 3.8) is 0 Å². The summed E-state index contributed by atoms with van der Waals surface area (Å²) in [5.74, 6) is -3.73. The van der Waals surface area contributed by atoms with Crippen molar-refractivity contribution in [1.29, 1.82) is 0 Å². The summed E-state index contributed by atoms with van der Waals surface area (Å²) in [5, 5.41) is 12.6. The summed E-state index contributed by atoms with van der Waals surface area (Å²) in [6.45, 7) is 3.43. The van der Waals surface area contributed by atoms with E-state index in [0.717, 1.165) is 6.07 Å². The third-order valence-electron chi connectivity index (χ3n) is 5.17. The highest BCUT2D eigenvalue weighted by molar-refractivity contribution is 14.1. The predicted octanol–water partition coefficient (Wildman–Crippen LogP) is 4.54. The maximum atomic E-state index is 14.8. The molecule has 0 aromatic heterocycles. The van der Waals surface area contributed by atoms with Crippen LogP contribution in [0.4, 0.5) is 24.5 Å². The molecule has 170 valence electrons. The molecule has 1 aliphatic heterocycles. The number of halogens is 4. The first kappa shape index (κ1) is 23.9. The second-order valence-corrected chi connectivity index (χ2v) is 10.3. The summed E-state index contributed by atoms with van der Waals surface area (Å²) in [6, 6.07) is 0.722. The van der Waals surface area contributed by atoms with E-state index in [1.54, 1.807) is 0 Å². The fourth-order valence-corrected chi connectivity index (χ4v) is 5.47. The SMILES string of the molecule is C=C/C=C(Nc1c(F)c(F)cc2c1NS(=O)(=O)C1(CC1)CC(O)CCO2)\C(F)=C/CI. The van der Waals surface area contributed by atoms with Crippen molar-refractivity contribution < 1.29 is 31.4 Å². The van der Waals surface area contributed by atoms with Crippen molar-refractivity contribution in [2.75, 3.05) is 21.1 Å². The molecule has 1 spiro atoms. The Kier molecular flexibility index (Phi) is 7.26. The monoisotopic (exact) mass is 570 g/mol. The average molecular weight is 570 g/mol. The van der Waals surface area contributed by atoms with Gasteiger partial charge in [0.2, 0.25) is 10.0 Å². The number of aliphatic hydroxyl groups excluding tert-OH is 1. The molecule has 3 N–H and O–H groups in total. The number of hydrogen-bond donors (Lipinski definition) is 3. The third kappa shape index (κ3) is 5.03. The molecule has 2 aliphatic rings. The molecular weight excluding hydrogens is 548 g/mol. The largest absolute Gasteiger partial charge is 0.491 e. The highest BCUT2D eigenvalue weighted by Gasteiger charge is 2.56. The minimum atomic E-state index is -4.09. The van der Waals surface area contributed by atoms with Crippen LogP contribution >= 0.6 is 22.6 Å². The van der Waals surface area contributed by atoms with Crippen LogP contribution < -0.4 is 14.8 Å². The maximum Gasteiger partial charge on any atom is 0.238 e. The van der Waals surface area contributed by atoms with Gasteiger partial charge in [-0.2, -0.15) is 0 Å². The van der Waals surface area contributed by atoms with E-state index in [-0.39, 0.29) is 36.6 Å². The molecule has 1 unspecified atom stereocenters. The van der Waals surface area contributed by atoms with Crippen molar-refractivity contribution in [1.82, 2.24) is 0 Å². The average Bonchev–Trinajstić information content (AvgIpc) is 3.48. The molecule has 0 saturated heterocycles. The Morgan fingerprint density at radius 3 is 2.77 bits per heavy atom. The summed E-state index contributed by atoms with van der Waals surface area (Å²) in [7, 11) is -4.09. The van der Waals surface area contributed by atoms with E-state index in [4.69, 9.17) is 4.74 Å². The van der Waals surface area contributed by atoms with Gasteiger partial charge in [-0.1, -0.05) is 35.2 Å². The number of aliphatic hydroxyl groups is 1. The van der Waals surface area contributed by atoms with Gasteiger partial charge in [0.25, 0.3) is 0 Å². The van der Waals surface area contributed by atoms with E-state index in [2.05, 4.69) is 16.6 Å². The molecule has 0 radical (unpaired) electrons. The van der Waals surface area contributed by atoms with E-state index >= 15 is 0 Å². The lowest BCUT2D eigenvalue weighted by atomic mass is 10.1. The van der Waals surface area contributed by atoms with Crippen molar-refractivity contribution in [2.45, 2.75) is 36.5 Å². The van der Waals surface area contributed by atoms with E-state index in [1.165, 1.54) is 18.2 Å². The van der Waals surface area contributed by atoms with E-state index in [1.807, 2.05) is 22.6 Å².